The summed E-state index contributed by atoms with van der Waals surface area (Å²) in [6.07, 6.45) is 10.1. The molecule has 0 saturated carbocycles. The Balaban J connectivity index is -0.000000163. The number of hydrogen-bond acceptors (Lipinski definition) is 0. The topological polar surface area (TPSA) is 22.3 Å². The molecule has 0 atom stereocenters. The zero-order valence-electron chi connectivity index (χ0n) is 9.54. The second kappa shape index (κ2) is 14.7. The molecule has 0 rings (SSSR count). The second-order valence-corrected chi connectivity index (χ2v) is 2.32. The Bertz CT molecular complexity index is 212. The largest absolute Gasteiger partial charge is 1.00 e. The Kier molecular flexibility index (Phi) is 19.9. The van der Waals surface area contributed by atoms with Gasteiger partial charge >= 0.3 is 18.9 Å². The maximum absolute atomic E-state index is 8.38. The zero-order chi connectivity index (χ0) is 10.7. The smallest absolute Gasteiger partial charge is 0.908 e. The van der Waals surface area contributed by atoms with Crippen molar-refractivity contribution in [2.45, 2.75) is 20.8 Å². The van der Waals surface area contributed by atoms with Gasteiger partial charge in [-0.1, -0.05) is 13.8 Å². The van der Waals surface area contributed by atoms with Crippen molar-refractivity contribution < 1.29 is 18.9 Å². The Hall–Kier alpha value is -0.773. The van der Waals surface area contributed by atoms with Crippen LogP contribution in [0.25, 0.3) is 5.41 Å². The molecule has 0 amide bonds. The third kappa shape index (κ3) is 22.5. The summed E-state index contributed by atoms with van der Waals surface area (Å²) >= 11 is 0. The third-order valence-electron chi connectivity index (χ3n) is 1.07. The predicted molar refractivity (Wildman–Crippen MR) is 60.4 cm³/mol. The molecule has 1 nitrogen and oxygen atoms in total. The van der Waals surface area contributed by atoms with Crippen LogP contribution in [0.1, 0.15) is 20.8 Å². The molecule has 0 aromatic rings. The Morgan fingerprint density at radius 2 is 1.86 bits per heavy atom. The quantitative estimate of drug-likeness (QED) is 0.262. The van der Waals surface area contributed by atoms with E-state index in [1.165, 1.54) is 0 Å². The zero-order valence-corrected chi connectivity index (χ0v) is 9.54. The van der Waals surface area contributed by atoms with Gasteiger partial charge in [-0.3, -0.25) is 18.2 Å². The predicted octanol–water partition coefficient (Wildman–Crippen LogP) is 0.508. The van der Waals surface area contributed by atoms with Gasteiger partial charge in [-0.2, -0.15) is 12.2 Å². The minimum atomic E-state index is 0. The van der Waals surface area contributed by atoms with Crippen LogP contribution in [-0.2, 0) is 0 Å². The minimum Gasteiger partial charge on any atom is -0.908 e. The standard InChI is InChI=1S/C7H9.C5H7N.Li/c1-3-5-7-6-4-2;1-4(2)5(3)6;/h3-5,7H,1H2,2H3;1H,2-3H3;/q-1;-2;+1/b7-5-;;. The molecule has 0 fully saturated rings. The molecule has 0 unspecified atom stereocenters. The molecule has 0 N–H and O–H groups in total. The fourth-order valence-corrected chi connectivity index (χ4v) is 0.220. The van der Waals surface area contributed by atoms with Gasteiger partial charge in [0.25, 0.3) is 0 Å². The molecular weight excluding hydrogens is 165 g/mol. The van der Waals surface area contributed by atoms with E-state index in [0.29, 0.717) is 5.57 Å². The van der Waals surface area contributed by atoms with Gasteiger partial charge in [0.1, 0.15) is 0 Å². The van der Waals surface area contributed by atoms with Crippen molar-refractivity contribution in [2.75, 3.05) is 0 Å². The van der Waals surface area contributed by atoms with Gasteiger partial charge in [-0.05, 0) is 0 Å². The van der Waals surface area contributed by atoms with Crippen LogP contribution in [0.2, 0.25) is 0 Å². The van der Waals surface area contributed by atoms with E-state index in [0.717, 1.165) is 0 Å². The molecular formula is C12H16LiN-2. The minimum absolute atomic E-state index is 0. The van der Waals surface area contributed by atoms with E-state index in [-0.39, 0.29) is 24.6 Å². The summed E-state index contributed by atoms with van der Waals surface area (Å²) in [5, 5.41) is 8.38. The van der Waals surface area contributed by atoms with E-state index in [1.54, 1.807) is 19.9 Å². The Morgan fingerprint density at radius 3 is 2.07 bits per heavy atom. The van der Waals surface area contributed by atoms with Gasteiger partial charge < -0.3 is 11.1 Å². The molecule has 0 radical (unpaired) electrons. The van der Waals surface area contributed by atoms with Crippen molar-refractivity contribution in [3.8, 4) is 0 Å². The third-order valence-corrected chi connectivity index (χ3v) is 1.07. The van der Waals surface area contributed by atoms with E-state index < -0.39 is 0 Å². The number of nitrogens with zero attached hydrogens (tertiary/aromatic N) is 1. The monoisotopic (exact) mass is 181 g/mol. The average molecular weight is 181 g/mol. The summed E-state index contributed by atoms with van der Waals surface area (Å²) in [6, 6.07) is 0. The van der Waals surface area contributed by atoms with Crippen LogP contribution in [0.4, 0.5) is 0 Å². The van der Waals surface area contributed by atoms with Gasteiger partial charge in [-0.15, -0.1) is 13.5 Å². The van der Waals surface area contributed by atoms with Crippen LogP contribution >= 0.6 is 0 Å². The van der Waals surface area contributed by atoms with Gasteiger partial charge in [0.05, 0.1) is 0 Å². The normalized spacial score (nSPS) is 8.79. The van der Waals surface area contributed by atoms with Crippen LogP contribution in [0, 0.1) is 12.7 Å². The molecule has 0 bridgehead atoms. The molecule has 2 heteroatoms. The summed E-state index contributed by atoms with van der Waals surface area (Å²) in [7, 11) is 0. The van der Waals surface area contributed by atoms with E-state index in [9.17, 15) is 0 Å². The van der Waals surface area contributed by atoms with Crippen LogP contribution in [0.3, 0.4) is 0 Å². The van der Waals surface area contributed by atoms with Crippen LogP contribution in [0.15, 0.2) is 36.5 Å². The van der Waals surface area contributed by atoms with Crippen molar-refractivity contribution in [3.05, 3.63) is 54.5 Å². The van der Waals surface area contributed by atoms with Crippen molar-refractivity contribution in [1.29, 1.82) is 0 Å². The number of allylic oxidation sites excluding steroid dienone is 6. The SMILES string of the molecule is C=C/C=C\[C-]=CC.[CH-]=C(C)C(C)=[N-].[Li+]. The Labute approximate surface area is 100.0 Å². The molecule has 0 aromatic carbocycles. The molecule has 0 heterocycles. The van der Waals surface area contributed by atoms with Crippen molar-refractivity contribution >= 4 is 5.71 Å². The molecule has 0 aliphatic carbocycles. The van der Waals surface area contributed by atoms with Crippen molar-refractivity contribution in [1.82, 2.24) is 0 Å². The molecule has 0 aliphatic heterocycles. The molecule has 0 spiro atoms. The maximum Gasteiger partial charge on any atom is 1.00 e. The first kappa shape index (κ1) is 18.9. The van der Waals surface area contributed by atoms with Gasteiger partial charge in [0.2, 0.25) is 0 Å². The van der Waals surface area contributed by atoms with Crippen LogP contribution in [-0.4, -0.2) is 5.71 Å². The molecule has 0 saturated heterocycles. The maximum atomic E-state index is 8.38. The molecule has 72 valence electrons. The molecule has 0 aromatic heterocycles. The van der Waals surface area contributed by atoms with Crippen LogP contribution in [0.5, 0.6) is 0 Å². The average Bonchev–Trinajstić information content (AvgIpc) is 2.06. The number of rotatable bonds is 3. The number of hydrogen-bond donors (Lipinski definition) is 0. The summed E-state index contributed by atoms with van der Waals surface area (Å²) in [4.78, 5) is 0. The Morgan fingerprint density at radius 1 is 1.43 bits per heavy atom. The molecule has 14 heavy (non-hydrogen) atoms. The van der Waals surface area contributed by atoms with E-state index >= 15 is 0 Å². The van der Waals surface area contributed by atoms with E-state index in [2.05, 4.69) is 12.7 Å². The summed E-state index contributed by atoms with van der Waals surface area (Å²) in [6.45, 7) is 13.7. The molecule has 0 aliphatic rings. The first-order valence-corrected chi connectivity index (χ1v) is 3.99. The summed E-state index contributed by atoms with van der Waals surface area (Å²) in [5.74, 6) is 0. The summed E-state index contributed by atoms with van der Waals surface area (Å²) < 4.78 is 0. The first-order valence-electron chi connectivity index (χ1n) is 3.99. The van der Waals surface area contributed by atoms with Gasteiger partial charge in [0, 0.05) is 0 Å². The van der Waals surface area contributed by atoms with Crippen molar-refractivity contribution in [2.24, 2.45) is 0 Å². The van der Waals surface area contributed by atoms with E-state index in [1.807, 2.05) is 25.2 Å². The second-order valence-electron chi connectivity index (χ2n) is 2.32. The van der Waals surface area contributed by atoms with Crippen molar-refractivity contribution in [3.63, 3.8) is 0 Å². The summed E-state index contributed by atoms with van der Waals surface area (Å²) in [5.41, 5.74) is 0.685. The van der Waals surface area contributed by atoms with Crippen LogP contribution < -0.4 is 18.9 Å². The van der Waals surface area contributed by atoms with Gasteiger partial charge in [-0.25, -0.2) is 12.2 Å². The fraction of sp³-hybridized carbons (Fsp3) is 0.250. The van der Waals surface area contributed by atoms with E-state index in [4.69, 9.17) is 12.0 Å². The van der Waals surface area contributed by atoms with Gasteiger partial charge in [0.15, 0.2) is 0 Å². The fourth-order valence-electron chi connectivity index (χ4n) is 0.220. The first-order chi connectivity index (χ1) is 6.06.